The van der Waals surface area contributed by atoms with Crippen LogP contribution in [0.4, 0.5) is 17.3 Å². The topological polar surface area (TPSA) is 139 Å². The van der Waals surface area contributed by atoms with Gasteiger partial charge in [-0.3, -0.25) is 9.78 Å². The highest BCUT2D eigenvalue weighted by molar-refractivity contribution is 5.92. The Hall–Kier alpha value is -4.23. The Kier molecular flexibility index (Phi) is 11.5. The summed E-state index contributed by atoms with van der Waals surface area (Å²) < 4.78 is 11.4. The Balaban J connectivity index is 0.000000241. The number of hydrogen-bond donors (Lipinski definition) is 2. The fourth-order valence-corrected chi connectivity index (χ4v) is 4.74. The third kappa shape index (κ3) is 8.88. The zero-order valence-corrected chi connectivity index (χ0v) is 24.6. The molecule has 222 valence electrons. The monoisotopic (exact) mass is 571 g/mol. The van der Waals surface area contributed by atoms with E-state index in [1.54, 1.807) is 18.5 Å². The maximum atomic E-state index is 10.7. The molecule has 2 saturated heterocycles. The molecule has 2 aliphatic heterocycles. The highest BCUT2D eigenvalue weighted by Gasteiger charge is 2.24. The second-order valence-corrected chi connectivity index (χ2v) is 10.3. The van der Waals surface area contributed by atoms with Crippen molar-refractivity contribution in [3.8, 4) is 11.8 Å². The highest BCUT2D eigenvalue weighted by Crippen LogP contribution is 2.38. The Bertz CT molecular complexity index is 1310. The van der Waals surface area contributed by atoms with Crippen molar-refractivity contribution < 1.29 is 14.3 Å². The Morgan fingerprint density at radius 1 is 1.00 bits per heavy atom. The van der Waals surface area contributed by atoms with E-state index in [4.69, 9.17) is 15.2 Å². The van der Waals surface area contributed by atoms with E-state index in [2.05, 4.69) is 31.2 Å². The molecule has 2 aromatic heterocycles. The molecule has 1 amide bonds. The number of rotatable bonds is 7. The summed E-state index contributed by atoms with van der Waals surface area (Å²) in [5.74, 6) is 2.37. The molecule has 0 unspecified atom stereocenters. The van der Waals surface area contributed by atoms with Gasteiger partial charge in [0.1, 0.15) is 23.7 Å². The molecule has 3 aliphatic rings. The summed E-state index contributed by atoms with van der Waals surface area (Å²) in [5, 5.41) is 12.6. The van der Waals surface area contributed by atoms with Crippen LogP contribution in [0.25, 0.3) is 0 Å². The lowest BCUT2D eigenvalue weighted by molar-refractivity contribution is 0.0256. The molecule has 3 aromatic rings. The molecule has 1 aromatic carbocycles. The van der Waals surface area contributed by atoms with Crippen molar-refractivity contribution in [2.45, 2.75) is 70.8 Å². The minimum atomic E-state index is -0.412. The molecule has 0 spiro atoms. The summed E-state index contributed by atoms with van der Waals surface area (Å²) in [7, 11) is 0. The largest absolute Gasteiger partial charge is 0.490 e. The first-order valence-corrected chi connectivity index (χ1v) is 15.0. The number of pyridine rings is 1. The SMILES string of the molecule is CC.N#Cc1ncc(N2CCCCC2)nc1Nc1ccc(OC2CCOCC2)cc1.NC(=O)c1ccc(C2CC2)nc1. The minimum absolute atomic E-state index is 0.213. The molecular weight excluding hydrogens is 530 g/mol. The molecule has 0 radical (unpaired) electrons. The number of carbonyl (C=O) groups is 1. The highest BCUT2D eigenvalue weighted by atomic mass is 16.5. The van der Waals surface area contributed by atoms with Crippen LogP contribution in [-0.2, 0) is 4.74 Å². The zero-order chi connectivity index (χ0) is 29.7. The second-order valence-electron chi connectivity index (χ2n) is 10.3. The number of primary amides is 1. The standard InChI is InChI=1S/C21H25N5O2.C9H10N2O.C2H6/c22-14-19-21(25-20(15-23-19)26-10-2-1-3-11-26)24-16-4-6-17(7-5-16)28-18-8-12-27-13-9-18;10-9(12)7-3-4-8(11-5-7)6-1-2-6;1-2/h4-7,15,18H,1-3,8-13H2,(H,24,25);3-6H,1-2H2,(H2,10,12);1-2H3. The number of nitriles is 1. The summed E-state index contributed by atoms with van der Waals surface area (Å²) in [6.45, 7) is 7.48. The van der Waals surface area contributed by atoms with Crippen molar-refractivity contribution >= 4 is 23.2 Å². The molecule has 0 atom stereocenters. The molecule has 6 rings (SSSR count). The quantitative estimate of drug-likeness (QED) is 0.364. The maximum absolute atomic E-state index is 10.7. The number of amides is 1. The third-order valence-electron chi connectivity index (χ3n) is 7.20. The van der Waals surface area contributed by atoms with E-state index in [-0.39, 0.29) is 6.10 Å². The summed E-state index contributed by atoms with van der Waals surface area (Å²) in [6, 6.07) is 13.5. The average molecular weight is 572 g/mol. The van der Waals surface area contributed by atoms with E-state index in [0.29, 0.717) is 23.0 Å². The van der Waals surface area contributed by atoms with Gasteiger partial charge in [0.2, 0.25) is 5.91 Å². The van der Waals surface area contributed by atoms with Gasteiger partial charge in [-0.15, -0.1) is 0 Å². The summed E-state index contributed by atoms with van der Waals surface area (Å²) in [4.78, 5) is 26.0. The molecule has 0 bridgehead atoms. The number of aromatic nitrogens is 3. The number of nitrogens with two attached hydrogens (primary N) is 1. The first-order chi connectivity index (χ1) is 20.6. The number of benzene rings is 1. The van der Waals surface area contributed by atoms with E-state index in [1.165, 1.54) is 32.1 Å². The van der Waals surface area contributed by atoms with Crippen molar-refractivity contribution in [3.05, 3.63) is 65.7 Å². The first-order valence-electron chi connectivity index (χ1n) is 15.0. The van der Waals surface area contributed by atoms with Crippen molar-refractivity contribution in [2.24, 2.45) is 5.73 Å². The molecule has 3 fully saturated rings. The van der Waals surface area contributed by atoms with E-state index in [9.17, 15) is 10.1 Å². The average Bonchev–Trinajstić information content (AvgIpc) is 3.90. The predicted molar refractivity (Wildman–Crippen MR) is 163 cm³/mol. The lowest BCUT2D eigenvalue weighted by Crippen LogP contribution is -2.30. The summed E-state index contributed by atoms with van der Waals surface area (Å²) in [5.41, 5.74) is 7.79. The molecule has 42 heavy (non-hydrogen) atoms. The fourth-order valence-electron chi connectivity index (χ4n) is 4.74. The number of carbonyl (C=O) groups excluding carboxylic acids is 1. The Morgan fingerprint density at radius 2 is 1.71 bits per heavy atom. The van der Waals surface area contributed by atoms with Crippen LogP contribution >= 0.6 is 0 Å². The minimum Gasteiger partial charge on any atom is -0.490 e. The molecule has 10 heteroatoms. The van der Waals surface area contributed by atoms with Gasteiger partial charge in [0, 0.05) is 49.4 Å². The van der Waals surface area contributed by atoms with Crippen molar-refractivity contribution in [3.63, 3.8) is 0 Å². The van der Waals surface area contributed by atoms with E-state index < -0.39 is 5.91 Å². The van der Waals surface area contributed by atoms with Crippen LogP contribution in [0, 0.1) is 11.3 Å². The number of ether oxygens (including phenoxy) is 2. The predicted octanol–water partition coefficient (Wildman–Crippen LogP) is 5.72. The van der Waals surface area contributed by atoms with Gasteiger partial charge < -0.3 is 25.4 Å². The molecular formula is C32H41N7O3. The number of piperidine rings is 1. The van der Waals surface area contributed by atoms with E-state index in [1.807, 2.05) is 44.2 Å². The van der Waals surface area contributed by atoms with E-state index in [0.717, 1.165) is 62.1 Å². The zero-order valence-electron chi connectivity index (χ0n) is 24.6. The van der Waals surface area contributed by atoms with Crippen LogP contribution in [0.3, 0.4) is 0 Å². The summed E-state index contributed by atoms with van der Waals surface area (Å²) in [6.07, 6.45) is 11.3. The molecule has 3 N–H and O–H groups in total. The molecule has 10 nitrogen and oxygen atoms in total. The lowest BCUT2D eigenvalue weighted by atomic mass is 10.1. The molecule has 1 saturated carbocycles. The van der Waals surface area contributed by atoms with Crippen LogP contribution in [0.2, 0.25) is 0 Å². The van der Waals surface area contributed by atoms with Gasteiger partial charge in [-0.1, -0.05) is 13.8 Å². The Labute approximate surface area is 248 Å². The first kappa shape index (κ1) is 30.7. The second kappa shape index (κ2) is 15.7. The van der Waals surface area contributed by atoms with Crippen LogP contribution in [0.5, 0.6) is 5.75 Å². The fraction of sp³-hybridized carbons (Fsp3) is 0.469. The molecule has 1 aliphatic carbocycles. The molecule has 4 heterocycles. The number of anilines is 3. The maximum Gasteiger partial charge on any atom is 0.250 e. The van der Waals surface area contributed by atoms with Gasteiger partial charge in [-0.25, -0.2) is 9.97 Å². The van der Waals surface area contributed by atoms with Gasteiger partial charge in [-0.05, 0) is 68.5 Å². The van der Waals surface area contributed by atoms with E-state index >= 15 is 0 Å². The lowest BCUT2D eigenvalue weighted by Gasteiger charge is -2.27. The third-order valence-corrected chi connectivity index (χ3v) is 7.20. The van der Waals surface area contributed by atoms with Crippen molar-refractivity contribution in [1.29, 1.82) is 5.26 Å². The van der Waals surface area contributed by atoms with Gasteiger partial charge in [-0.2, -0.15) is 5.26 Å². The normalized spacial score (nSPS) is 16.5. The smallest absolute Gasteiger partial charge is 0.250 e. The van der Waals surface area contributed by atoms with Crippen LogP contribution in [0.1, 0.15) is 86.5 Å². The van der Waals surface area contributed by atoms with Crippen LogP contribution in [-0.4, -0.2) is 53.3 Å². The number of nitrogens with zero attached hydrogens (tertiary/aromatic N) is 5. The van der Waals surface area contributed by atoms with Gasteiger partial charge >= 0.3 is 0 Å². The number of nitrogens with one attached hydrogen (secondary N) is 1. The van der Waals surface area contributed by atoms with Crippen molar-refractivity contribution in [1.82, 2.24) is 15.0 Å². The van der Waals surface area contributed by atoms with Crippen LogP contribution < -0.4 is 20.7 Å². The van der Waals surface area contributed by atoms with Crippen LogP contribution in [0.15, 0.2) is 48.8 Å². The van der Waals surface area contributed by atoms with Gasteiger partial charge in [0.15, 0.2) is 11.5 Å². The summed E-state index contributed by atoms with van der Waals surface area (Å²) >= 11 is 0. The number of hydrogen-bond acceptors (Lipinski definition) is 9. The Morgan fingerprint density at radius 3 is 2.31 bits per heavy atom. The van der Waals surface area contributed by atoms with Crippen molar-refractivity contribution in [2.75, 3.05) is 36.5 Å². The van der Waals surface area contributed by atoms with Gasteiger partial charge in [0.25, 0.3) is 0 Å². The van der Waals surface area contributed by atoms with Gasteiger partial charge in [0.05, 0.1) is 25.0 Å².